The average Bonchev–Trinajstić information content (AvgIpc) is 3.43. The topological polar surface area (TPSA) is 137 Å². The van der Waals surface area contributed by atoms with Crippen LogP contribution in [-0.4, -0.2) is 36.9 Å². The Kier molecular flexibility index (Phi) is 6.71. The van der Waals surface area contributed by atoms with Crippen LogP contribution in [0.5, 0.6) is 0 Å². The predicted octanol–water partition coefficient (Wildman–Crippen LogP) is 3.64. The minimum Gasteiger partial charge on any atom is -0.378 e. The summed E-state index contributed by atoms with van der Waals surface area (Å²) in [4.78, 5) is 13.9. The summed E-state index contributed by atoms with van der Waals surface area (Å²) < 4.78 is 6.03. The first-order chi connectivity index (χ1) is 15.9. The second kappa shape index (κ2) is 9.84. The highest BCUT2D eigenvalue weighted by Gasteiger charge is 2.24. The Balaban J connectivity index is 1.59. The van der Waals surface area contributed by atoms with E-state index in [0.29, 0.717) is 22.2 Å². The molecule has 2 aromatic heterocycles. The molecule has 0 aliphatic rings. The molecule has 0 fully saturated rings. The van der Waals surface area contributed by atoms with Gasteiger partial charge in [0.15, 0.2) is 5.69 Å². The summed E-state index contributed by atoms with van der Waals surface area (Å²) in [6.07, 6.45) is 0. The van der Waals surface area contributed by atoms with Gasteiger partial charge in [0.1, 0.15) is 0 Å². The molecule has 0 radical (unpaired) electrons. The van der Waals surface area contributed by atoms with Crippen molar-refractivity contribution in [1.29, 1.82) is 0 Å². The molecule has 4 aromatic rings. The summed E-state index contributed by atoms with van der Waals surface area (Å²) >= 11 is 7.43. The van der Waals surface area contributed by atoms with E-state index in [1.54, 1.807) is 19.1 Å². The Morgan fingerprint density at radius 2 is 1.91 bits per heavy atom. The van der Waals surface area contributed by atoms with E-state index in [1.165, 1.54) is 16.4 Å². The molecule has 2 heterocycles. The molecular formula is C21H19ClN8O2S. The number of nitrogen functional groups attached to an aromatic ring is 1. The van der Waals surface area contributed by atoms with Gasteiger partial charge in [-0.2, -0.15) is 9.78 Å². The number of aryl methyl sites for hydroxylation is 1. The summed E-state index contributed by atoms with van der Waals surface area (Å²) in [6, 6.07) is 15.2. The van der Waals surface area contributed by atoms with E-state index in [-0.39, 0.29) is 17.3 Å². The maximum absolute atomic E-state index is 12.9. The molecule has 0 saturated carbocycles. The highest BCUT2D eigenvalue weighted by atomic mass is 35.5. The van der Waals surface area contributed by atoms with Gasteiger partial charge in [0.25, 0.3) is 5.91 Å². The van der Waals surface area contributed by atoms with E-state index < -0.39 is 5.91 Å². The van der Waals surface area contributed by atoms with Crippen molar-refractivity contribution in [1.82, 2.24) is 30.7 Å². The number of halogens is 1. The quantitative estimate of drug-likeness (QED) is 0.231. The molecule has 0 saturated heterocycles. The number of thioether (sulfide) groups is 1. The molecule has 0 spiro atoms. The lowest BCUT2D eigenvalue weighted by molar-refractivity contribution is 0.0949. The molecule has 12 heteroatoms. The minimum atomic E-state index is -0.524. The number of nitrogens with zero attached hydrogens (tertiary/aromatic N) is 6. The van der Waals surface area contributed by atoms with Crippen molar-refractivity contribution < 1.29 is 9.42 Å². The molecule has 10 nitrogen and oxygen atoms in total. The third kappa shape index (κ3) is 5.21. The molecular weight excluding hydrogens is 464 g/mol. The van der Waals surface area contributed by atoms with Crippen LogP contribution < -0.4 is 11.2 Å². The van der Waals surface area contributed by atoms with Gasteiger partial charge in [-0.1, -0.05) is 46.6 Å². The molecule has 2 aromatic carbocycles. The van der Waals surface area contributed by atoms with Gasteiger partial charge in [-0.15, -0.1) is 16.9 Å². The predicted molar refractivity (Wildman–Crippen MR) is 125 cm³/mol. The molecule has 0 aliphatic carbocycles. The standard InChI is InChI=1S/C21H19ClN8O2S/c1-12-3-9-16(10-4-12)33-11-17-18(25-29-30(17)20-19(23)27-32-28-20)21(31)26-24-13(2)14-5-7-15(22)8-6-14/h3-10H,11H2,1-2H3,(H2,23,27)(H,26,31)/b24-13-. The summed E-state index contributed by atoms with van der Waals surface area (Å²) in [5, 5.41) is 20.2. The third-order valence-corrected chi connectivity index (χ3v) is 5.93. The van der Waals surface area contributed by atoms with E-state index >= 15 is 0 Å². The van der Waals surface area contributed by atoms with E-state index in [9.17, 15) is 4.79 Å². The monoisotopic (exact) mass is 482 g/mol. The number of nitrogens with one attached hydrogen (secondary N) is 1. The van der Waals surface area contributed by atoms with Crippen LogP contribution >= 0.6 is 23.4 Å². The largest absolute Gasteiger partial charge is 0.378 e. The van der Waals surface area contributed by atoms with E-state index in [0.717, 1.165) is 16.0 Å². The fourth-order valence-electron chi connectivity index (χ4n) is 2.84. The first-order valence-electron chi connectivity index (χ1n) is 9.75. The maximum Gasteiger partial charge on any atom is 0.293 e. The number of benzene rings is 2. The smallest absolute Gasteiger partial charge is 0.293 e. The molecule has 0 atom stereocenters. The number of hydrazone groups is 1. The highest BCUT2D eigenvalue weighted by molar-refractivity contribution is 7.98. The van der Waals surface area contributed by atoms with Gasteiger partial charge in [-0.25, -0.2) is 10.1 Å². The van der Waals surface area contributed by atoms with Crippen molar-refractivity contribution >= 4 is 40.8 Å². The van der Waals surface area contributed by atoms with Crippen LogP contribution in [0.15, 0.2) is 63.2 Å². The summed E-state index contributed by atoms with van der Waals surface area (Å²) in [6.45, 7) is 3.79. The Hall–Kier alpha value is -3.70. The zero-order valence-electron chi connectivity index (χ0n) is 17.7. The van der Waals surface area contributed by atoms with Gasteiger partial charge in [-0.05, 0) is 54.0 Å². The second-order valence-corrected chi connectivity index (χ2v) is 8.50. The van der Waals surface area contributed by atoms with Gasteiger partial charge in [0, 0.05) is 15.7 Å². The van der Waals surface area contributed by atoms with Gasteiger partial charge < -0.3 is 5.73 Å². The van der Waals surface area contributed by atoms with Crippen LogP contribution in [0.4, 0.5) is 5.82 Å². The molecule has 3 N–H and O–H groups in total. The van der Waals surface area contributed by atoms with Crippen LogP contribution in [0.2, 0.25) is 5.02 Å². The van der Waals surface area contributed by atoms with Crippen molar-refractivity contribution in [2.24, 2.45) is 5.10 Å². The molecule has 33 heavy (non-hydrogen) atoms. The van der Waals surface area contributed by atoms with E-state index in [2.05, 4.69) is 35.8 Å². The summed E-state index contributed by atoms with van der Waals surface area (Å²) in [5.74, 6) is 0.0291. The first kappa shape index (κ1) is 22.5. The molecule has 4 rings (SSSR count). The number of aromatic nitrogens is 5. The zero-order valence-corrected chi connectivity index (χ0v) is 19.3. The van der Waals surface area contributed by atoms with Crippen molar-refractivity contribution in [2.75, 3.05) is 5.73 Å². The van der Waals surface area contributed by atoms with Crippen LogP contribution in [0.3, 0.4) is 0 Å². The van der Waals surface area contributed by atoms with Crippen LogP contribution in [0, 0.1) is 6.92 Å². The number of nitrogens with two attached hydrogens (primary N) is 1. The SMILES string of the molecule is C/C(=N/NC(=O)c1nnn(-c2nonc2N)c1CSc1ccc(C)cc1)c1ccc(Cl)cc1. The Morgan fingerprint density at radius 3 is 2.58 bits per heavy atom. The van der Waals surface area contributed by atoms with Crippen LogP contribution in [0.1, 0.15) is 34.2 Å². The first-order valence-corrected chi connectivity index (χ1v) is 11.1. The van der Waals surface area contributed by atoms with Crippen molar-refractivity contribution in [3.8, 4) is 5.82 Å². The number of amides is 1. The fraction of sp³-hybridized carbons (Fsp3) is 0.143. The number of hydrogen-bond acceptors (Lipinski definition) is 9. The van der Waals surface area contributed by atoms with Gasteiger partial charge >= 0.3 is 0 Å². The lowest BCUT2D eigenvalue weighted by atomic mass is 10.1. The molecule has 0 unspecified atom stereocenters. The van der Waals surface area contributed by atoms with Crippen molar-refractivity contribution in [3.63, 3.8) is 0 Å². The maximum atomic E-state index is 12.9. The molecule has 168 valence electrons. The number of hydrogen-bond donors (Lipinski definition) is 2. The van der Waals surface area contributed by atoms with Gasteiger partial charge in [0.2, 0.25) is 11.6 Å². The van der Waals surface area contributed by atoms with Crippen LogP contribution in [0.25, 0.3) is 5.82 Å². The number of carbonyl (C=O) groups is 1. The summed E-state index contributed by atoms with van der Waals surface area (Å²) in [7, 11) is 0. The Morgan fingerprint density at radius 1 is 1.18 bits per heavy atom. The Labute approximate surface area is 198 Å². The van der Waals surface area contributed by atoms with E-state index in [4.69, 9.17) is 17.3 Å². The van der Waals surface area contributed by atoms with Crippen LogP contribution in [-0.2, 0) is 5.75 Å². The number of carbonyl (C=O) groups excluding carboxylic acids is 1. The second-order valence-electron chi connectivity index (χ2n) is 7.02. The summed E-state index contributed by atoms with van der Waals surface area (Å²) in [5.41, 5.74) is 11.5. The fourth-order valence-corrected chi connectivity index (χ4v) is 3.86. The van der Waals surface area contributed by atoms with E-state index in [1.807, 2.05) is 43.3 Å². The van der Waals surface area contributed by atoms with Gasteiger partial charge in [0.05, 0.1) is 11.4 Å². The lowest BCUT2D eigenvalue weighted by Gasteiger charge is -2.06. The van der Waals surface area contributed by atoms with Gasteiger partial charge in [-0.3, -0.25) is 4.79 Å². The highest BCUT2D eigenvalue weighted by Crippen LogP contribution is 2.26. The average molecular weight is 483 g/mol. The van der Waals surface area contributed by atoms with Crippen molar-refractivity contribution in [2.45, 2.75) is 24.5 Å². The number of anilines is 1. The Bertz CT molecular complexity index is 1300. The molecule has 0 aliphatic heterocycles. The lowest BCUT2D eigenvalue weighted by Crippen LogP contribution is -2.21. The minimum absolute atomic E-state index is 0.0325. The normalized spacial score (nSPS) is 11.5. The number of rotatable bonds is 7. The zero-order chi connectivity index (χ0) is 23.4. The van der Waals surface area contributed by atoms with Crippen molar-refractivity contribution in [3.05, 3.63) is 76.1 Å². The molecule has 1 amide bonds. The third-order valence-electron chi connectivity index (χ3n) is 4.66. The molecule has 0 bridgehead atoms.